The van der Waals surface area contributed by atoms with Gasteiger partial charge in [-0.3, -0.25) is 0 Å². The predicted molar refractivity (Wildman–Crippen MR) is 73.1 cm³/mol. The molecule has 0 aromatic rings. The van der Waals surface area contributed by atoms with E-state index in [-0.39, 0.29) is 0 Å². The Morgan fingerprint density at radius 2 is 1.38 bits per heavy atom. The summed E-state index contributed by atoms with van der Waals surface area (Å²) in [5.41, 5.74) is 2.87. The van der Waals surface area contributed by atoms with Gasteiger partial charge in [-0.05, 0) is 38.3 Å². The van der Waals surface area contributed by atoms with Crippen molar-refractivity contribution in [3.05, 3.63) is 23.3 Å². The van der Waals surface area contributed by atoms with E-state index in [1.165, 1.54) is 10.9 Å². The molecule has 0 spiro atoms. The predicted octanol–water partition coefficient (Wildman–Crippen LogP) is 2.93. The van der Waals surface area contributed by atoms with Gasteiger partial charge in [0.05, 0.1) is 0 Å². The minimum absolute atomic E-state index is 0.469. The number of allylic oxidation sites excluding steroid dienone is 2. The van der Waals surface area contributed by atoms with Gasteiger partial charge < -0.3 is 9.71 Å². The third kappa shape index (κ3) is 2.70. The van der Waals surface area contributed by atoms with E-state index in [4.69, 9.17) is 0 Å². The van der Waals surface area contributed by atoms with Crippen molar-refractivity contribution in [2.24, 2.45) is 0 Å². The molecule has 0 saturated carbocycles. The molecule has 1 aliphatic heterocycles. The van der Waals surface area contributed by atoms with E-state index in [1.807, 2.05) is 0 Å². The molecule has 90 valence electrons. The first kappa shape index (κ1) is 13.4. The van der Waals surface area contributed by atoms with E-state index in [1.54, 1.807) is 0 Å². The van der Waals surface area contributed by atoms with Crippen molar-refractivity contribution >= 4 is 6.85 Å². The van der Waals surface area contributed by atoms with Gasteiger partial charge in [0.25, 0.3) is 6.85 Å². The Morgan fingerprint density at radius 3 is 1.69 bits per heavy atom. The molecule has 0 amide bonds. The monoisotopic (exact) mass is 220 g/mol. The summed E-state index contributed by atoms with van der Waals surface area (Å²) >= 11 is 0. The lowest BCUT2D eigenvalue weighted by atomic mass is 9.47. The third-order valence-corrected chi connectivity index (χ3v) is 3.17. The Kier molecular flexibility index (Phi) is 4.25. The van der Waals surface area contributed by atoms with Crippen molar-refractivity contribution in [3.8, 4) is 0 Å². The highest BCUT2D eigenvalue weighted by molar-refractivity contribution is 6.71. The first-order valence-corrected chi connectivity index (χ1v) is 6.20. The summed E-state index contributed by atoms with van der Waals surface area (Å²) in [5.74, 6) is 0. The van der Waals surface area contributed by atoms with E-state index >= 15 is 0 Å². The first-order valence-electron chi connectivity index (χ1n) is 6.20. The van der Waals surface area contributed by atoms with Crippen molar-refractivity contribution in [2.75, 3.05) is 7.05 Å². The van der Waals surface area contributed by atoms with Gasteiger partial charge in [0, 0.05) is 7.05 Å². The molecule has 0 aromatic carbocycles. The maximum absolute atomic E-state index is 2.57. The van der Waals surface area contributed by atoms with Gasteiger partial charge in [0.2, 0.25) is 0 Å². The third-order valence-electron chi connectivity index (χ3n) is 3.17. The Morgan fingerprint density at radius 1 is 1.00 bits per heavy atom. The molecule has 16 heavy (non-hydrogen) atoms. The average Bonchev–Trinajstić information content (AvgIpc) is 2.09. The summed E-state index contributed by atoms with van der Waals surface area (Å²) < 4.78 is 0. The molecule has 0 N–H and O–H groups in total. The maximum Gasteiger partial charge on any atom is 0.286 e. The van der Waals surface area contributed by atoms with Crippen LogP contribution in [0, 0.1) is 0 Å². The molecule has 3 heteroatoms. The molecule has 0 atom stereocenters. The lowest BCUT2D eigenvalue weighted by molar-refractivity contribution is 0.306. The summed E-state index contributed by atoms with van der Waals surface area (Å²) in [5, 5.41) is 0. The van der Waals surface area contributed by atoms with Crippen LogP contribution in [0.3, 0.4) is 0 Å². The molecule has 1 rings (SSSR count). The first-order chi connectivity index (χ1) is 7.34. The summed E-state index contributed by atoms with van der Waals surface area (Å²) in [6.07, 6.45) is 4.46. The van der Waals surface area contributed by atoms with Crippen LogP contribution in [0.5, 0.6) is 0 Å². The van der Waals surface area contributed by atoms with Gasteiger partial charge in [0.1, 0.15) is 0 Å². The van der Waals surface area contributed by atoms with Gasteiger partial charge >= 0.3 is 0 Å². The molecule has 1 heterocycles. The van der Waals surface area contributed by atoms with Gasteiger partial charge in [-0.2, -0.15) is 0 Å². The standard InChI is InChI=1S/C13H25BN2/c1-10(2)16(11(3)4)14-12(5)8-15(7)9-13(14)6/h8-11H,1-7H3. The van der Waals surface area contributed by atoms with Crippen LogP contribution in [0.4, 0.5) is 0 Å². The number of hydrogen-bond acceptors (Lipinski definition) is 2. The normalized spacial score (nSPS) is 17.4. The molecular formula is C13H25BN2. The van der Waals surface area contributed by atoms with Crippen LogP contribution in [0.1, 0.15) is 41.5 Å². The van der Waals surface area contributed by atoms with Crippen molar-refractivity contribution in [2.45, 2.75) is 53.6 Å². The van der Waals surface area contributed by atoms with Crippen LogP contribution in [0.2, 0.25) is 0 Å². The highest BCUT2D eigenvalue weighted by atomic mass is 15.1. The fourth-order valence-corrected chi connectivity index (χ4v) is 2.84. The zero-order valence-corrected chi connectivity index (χ0v) is 11.8. The highest BCUT2D eigenvalue weighted by Crippen LogP contribution is 2.23. The van der Waals surface area contributed by atoms with E-state index in [9.17, 15) is 0 Å². The molecular weight excluding hydrogens is 195 g/mol. The Balaban J connectivity index is 3.01. The zero-order chi connectivity index (χ0) is 12.5. The molecule has 0 unspecified atom stereocenters. The van der Waals surface area contributed by atoms with E-state index in [2.05, 4.69) is 70.7 Å². The van der Waals surface area contributed by atoms with Gasteiger partial charge in [-0.1, -0.05) is 38.6 Å². The van der Waals surface area contributed by atoms with Crippen molar-refractivity contribution in [1.29, 1.82) is 0 Å². The summed E-state index contributed by atoms with van der Waals surface area (Å²) in [7, 11) is 2.10. The van der Waals surface area contributed by atoms with Crippen molar-refractivity contribution in [1.82, 2.24) is 9.71 Å². The molecule has 1 aliphatic rings. The van der Waals surface area contributed by atoms with Crippen LogP contribution in [0.25, 0.3) is 0 Å². The van der Waals surface area contributed by atoms with Gasteiger partial charge in [-0.15, -0.1) is 0 Å². The summed E-state index contributed by atoms with van der Waals surface area (Å²) in [6, 6.07) is 1.14. The van der Waals surface area contributed by atoms with E-state index < -0.39 is 0 Å². The minimum Gasteiger partial charge on any atom is -0.359 e. The second-order valence-corrected chi connectivity index (χ2v) is 5.45. The molecule has 2 nitrogen and oxygen atoms in total. The summed E-state index contributed by atoms with van der Waals surface area (Å²) in [4.78, 5) is 4.73. The molecule has 0 aliphatic carbocycles. The topological polar surface area (TPSA) is 6.48 Å². The maximum atomic E-state index is 2.57. The number of hydrogen-bond donors (Lipinski definition) is 0. The van der Waals surface area contributed by atoms with E-state index in [0.717, 1.165) is 0 Å². The zero-order valence-electron chi connectivity index (χ0n) is 11.8. The molecule has 0 fully saturated rings. The molecule has 0 bridgehead atoms. The van der Waals surface area contributed by atoms with Crippen LogP contribution in [0.15, 0.2) is 23.3 Å². The number of rotatable bonds is 3. The SMILES string of the molecule is CC1=CN(C)C=C(C)B1N(C(C)C)C(C)C. The highest BCUT2D eigenvalue weighted by Gasteiger charge is 2.32. The van der Waals surface area contributed by atoms with Gasteiger partial charge in [-0.25, -0.2) is 0 Å². The van der Waals surface area contributed by atoms with Crippen LogP contribution >= 0.6 is 0 Å². The minimum atomic E-state index is 0.469. The molecule has 0 aromatic heterocycles. The fourth-order valence-electron chi connectivity index (χ4n) is 2.84. The second kappa shape index (κ2) is 5.09. The fraction of sp³-hybridized carbons (Fsp3) is 0.692. The number of nitrogens with zero attached hydrogens (tertiary/aromatic N) is 2. The molecule has 0 saturated heterocycles. The quantitative estimate of drug-likeness (QED) is 0.675. The summed E-state index contributed by atoms with van der Waals surface area (Å²) in [6.45, 7) is 14.0. The Bertz CT molecular complexity index is 277. The van der Waals surface area contributed by atoms with Crippen molar-refractivity contribution in [3.63, 3.8) is 0 Å². The smallest absolute Gasteiger partial charge is 0.286 e. The Hall–Kier alpha value is -0.695. The largest absolute Gasteiger partial charge is 0.359 e. The van der Waals surface area contributed by atoms with Crippen LogP contribution in [-0.4, -0.2) is 35.7 Å². The molecule has 0 radical (unpaired) electrons. The van der Waals surface area contributed by atoms with Gasteiger partial charge in [0.15, 0.2) is 0 Å². The lowest BCUT2D eigenvalue weighted by Crippen LogP contribution is -2.51. The van der Waals surface area contributed by atoms with Crippen LogP contribution in [-0.2, 0) is 0 Å². The second-order valence-electron chi connectivity index (χ2n) is 5.45. The van der Waals surface area contributed by atoms with Crippen LogP contribution < -0.4 is 0 Å². The van der Waals surface area contributed by atoms with Crippen molar-refractivity contribution < 1.29 is 0 Å². The van der Waals surface area contributed by atoms with E-state index in [0.29, 0.717) is 18.9 Å². The lowest BCUT2D eigenvalue weighted by Gasteiger charge is -2.39. The Labute approximate surface area is 101 Å². The average molecular weight is 220 g/mol.